The summed E-state index contributed by atoms with van der Waals surface area (Å²) in [7, 11) is 0. The number of oxime groups is 1. The number of hydrogen-bond donors (Lipinski definition) is 2. The SMILES string of the molecule is Cc1nnc(CO/N=C/c2sc3c(N[C@@H]4CNC[C@@H]4F)cccc3c2CC(F)(F)F)o1. The second-order valence-electron chi connectivity index (χ2n) is 7.07. The van der Waals surface area contributed by atoms with Crippen molar-refractivity contribution in [2.45, 2.75) is 38.3 Å². The van der Waals surface area contributed by atoms with E-state index >= 15 is 0 Å². The van der Waals surface area contributed by atoms with Gasteiger partial charge in [0.1, 0.15) is 6.17 Å². The third-order valence-electron chi connectivity index (χ3n) is 4.71. The molecule has 31 heavy (non-hydrogen) atoms. The summed E-state index contributed by atoms with van der Waals surface area (Å²) in [6.07, 6.45) is -5.35. The molecular weight excluding hydrogens is 438 g/mol. The van der Waals surface area contributed by atoms with Crippen molar-refractivity contribution in [1.29, 1.82) is 0 Å². The summed E-state index contributed by atoms with van der Waals surface area (Å²) in [6.45, 7) is 2.21. The minimum Gasteiger partial charge on any atom is -0.422 e. The van der Waals surface area contributed by atoms with Gasteiger partial charge in [0.05, 0.1) is 33.9 Å². The minimum atomic E-state index is -4.40. The number of halogens is 4. The van der Waals surface area contributed by atoms with Crippen LogP contribution in [0.2, 0.25) is 0 Å². The Kier molecular flexibility index (Phi) is 6.10. The van der Waals surface area contributed by atoms with Gasteiger partial charge in [0.2, 0.25) is 5.89 Å². The molecule has 0 spiro atoms. The number of anilines is 1. The zero-order valence-corrected chi connectivity index (χ0v) is 17.2. The molecule has 3 aromatic rings. The van der Waals surface area contributed by atoms with Crippen LogP contribution in [-0.4, -0.2) is 47.9 Å². The Bertz CT molecular complexity index is 1080. The van der Waals surface area contributed by atoms with E-state index < -0.39 is 24.8 Å². The summed E-state index contributed by atoms with van der Waals surface area (Å²) in [6, 6.07) is 4.56. The molecule has 2 aromatic heterocycles. The van der Waals surface area contributed by atoms with E-state index in [1.807, 2.05) is 0 Å². The van der Waals surface area contributed by atoms with Crippen molar-refractivity contribution in [3.8, 4) is 0 Å². The fourth-order valence-electron chi connectivity index (χ4n) is 3.35. The van der Waals surface area contributed by atoms with E-state index in [1.165, 1.54) is 6.21 Å². The van der Waals surface area contributed by atoms with Gasteiger partial charge in [0.15, 0.2) is 6.61 Å². The van der Waals surface area contributed by atoms with Crippen molar-refractivity contribution < 1.29 is 26.8 Å². The molecule has 1 saturated heterocycles. The lowest BCUT2D eigenvalue weighted by molar-refractivity contribution is -0.126. The topological polar surface area (TPSA) is 84.6 Å². The maximum atomic E-state index is 14.0. The van der Waals surface area contributed by atoms with Gasteiger partial charge < -0.3 is 19.9 Å². The molecule has 166 valence electrons. The maximum absolute atomic E-state index is 14.0. The van der Waals surface area contributed by atoms with Gasteiger partial charge in [-0.15, -0.1) is 21.5 Å². The van der Waals surface area contributed by atoms with Crippen molar-refractivity contribution in [1.82, 2.24) is 15.5 Å². The molecule has 4 rings (SSSR count). The van der Waals surface area contributed by atoms with Crippen LogP contribution in [0.5, 0.6) is 0 Å². The van der Waals surface area contributed by atoms with Gasteiger partial charge >= 0.3 is 6.18 Å². The van der Waals surface area contributed by atoms with Crippen LogP contribution in [-0.2, 0) is 17.9 Å². The first-order chi connectivity index (χ1) is 14.8. The van der Waals surface area contributed by atoms with Crippen LogP contribution >= 0.6 is 11.3 Å². The first-order valence-corrected chi connectivity index (χ1v) is 10.3. The molecule has 0 amide bonds. The van der Waals surface area contributed by atoms with E-state index in [4.69, 9.17) is 9.25 Å². The Labute approximate surface area is 178 Å². The molecule has 2 atom stereocenters. The van der Waals surface area contributed by atoms with E-state index in [0.717, 1.165) is 11.3 Å². The molecule has 0 saturated carbocycles. The highest BCUT2D eigenvalue weighted by Gasteiger charge is 2.32. The first-order valence-electron chi connectivity index (χ1n) is 9.47. The number of thiophene rings is 1. The molecule has 12 heteroatoms. The Morgan fingerprint density at radius 3 is 2.87 bits per heavy atom. The number of fused-ring (bicyclic) bond motifs is 1. The Morgan fingerprint density at radius 1 is 1.35 bits per heavy atom. The molecule has 0 radical (unpaired) electrons. The molecule has 1 aliphatic rings. The van der Waals surface area contributed by atoms with Crippen molar-refractivity contribution in [2.75, 3.05) is 18.4 Å². The maximum Gasteiger partial charge on any atom is 0.393 e. The average molecular weight is 457 g/mol. The smallest absolute Gasteiger partial charge is 0.393 e. The highest BCUT2D eigenvalue weighted by molar-refractivity contribution is 7.21. The first kappa shape index (κ1) is 21.5. The number of nitrogens with one attached hydrogen (secondary N) is 2. The lowest BCUT2D eigenvalue weighted by atomic mass is 10.1. The number of alkyl halides is 4. The Balaban J connectivity index is 1.61. The number of rotatable bonds is 7. The Morgan fingerprint density at radius 2 is 2.19 bits per heavy atom. The standard InChI is InChI=1S/C19H19F4N5O2S/c1-10-27-28-17(30-10)9-29-25-8-16-12(5-19(21,22)23)11-3-2-4-14(18(11)31-16)26-15-7-24-6-13(15)20/h2-4,8,13,15,24,26H,5-7,9H2,1H3/b25-8+/t13-,15+/m0/s1. The molecule has 3 heterocycles. The van der Waals surface area contributed by atoms with Gasteiger partial charge in [0, 0.05) is 20.0 Å². The molecule has 0 unspecified atom stereocenters. The van der Waals surface area contributed by atoms with Gasteiger partial charge in [-0.05, 0) is 17.0 Å². The summed E-state index contributed by atoms with van der Waals surface area (Å²) >= 11 is 1.14. The van der Waals surface area contributed by atoms with Crippen molar-refractivity contribution in [2.24, 2.45) is 5.16 Å². The van der Waals surface area contributed by atoms with Gasteiger partial charge in [-0.2, -0.15) is 13.2 Å². The number of hydrogen-bond acceptors (Lipinski definition) is 8. The van der Waals surface area contributed by atoms with E-state index in [0.29, 0.717) is 33.1 Å². The van der Waals surface area contributed by atoms with E-state index in [9.17, 15) is 17.6 Å². The van der Waals surface area contributed by atoms with Gasteiger partial charge in [0.25, 0.3) is 5.89 Å². The predicted molar refractivity (Wildman–Crippen MR) is 108 cm³/mol. The summed E-state index contributed by atoms with van der Waals surface area (Å²) in [4.78, 5) is 5.40. The second kappa shape index (κ2) is 8.79. The molecule has 1 aliphatic heterocycles. The van der Waals surface area contributed by atoms with Crippen molar-refractivity contribution in [3.63, 3.8) is 0 Å². The fraction of sp³-hybridized carbons (Fsp3) is 0.421. The second-order valence-corrected chi connectivity index (χ2v) is 8.12. The van der Waals surface area contributed by atoms with Gasteiger partial charge in [-0.1, -0.05) is 17.3 Å². The predicted octanol–water partition coefficient (Wildman–Crippen LogP) is 3.97. The number of benzene rings is 1. The van der Waals surface area contributed by atoms with Crippen molar-refractivity contribution >= 4 is 33.3 Å². The summed E-state index contributed by atoms with van der Waals surface area (Å²) in [5.41, 5.74) is 0.683. The largest absolute Gasteiger partial charge is 0.422 e. The molecular formula is C19H19F4N5O2S. The van der Waals surface area contributed by atoms with E-state index in [2.05, 4.69) is 26.0 Å². The van der Waals surface area contributed by atoms with Crippen LogP contribution in [0.1, 0.15) is 22.2 Å². The quantitative estimate of drug-likeness (QED) is 0.317. The highest BCUT2D eigenvalue weighted by atomic mass is 32.1. The van der Waals surface area contributed by atoms with Crippen LogP contribution < -0.4 is 10.6 Å². The molecule has 0 bridgehead atoms. The summed E-state index contributed by atoms with van der Waals surface area (Å²) in [5, 5.41) is 17.7. The minimum absolute atomic E-state index is 0.0958. The van der Waals surface area contributed by atoms with Crippen LogP contribution in [0.25, 0.3) is 10.1 Å². The zero-order chi connectivity index (χ0) is 22.0. The molecule has 1 aromatic carbocycles. The molecule has 2 N–H and O–H groups in total. The lowest BCUT2D eigenvalue weighted by Crippen LogP contribution is -2.29. The normalized spacial score (nSPS) is 19.5. The third-order valence-corrected chi connectivity index (χ3v) is 5.92. The van der Waals surface area contributed by atoms with Crippen LogP contribution in [0.3, 0.4) is 0 Å². The van der Waals surface area contributed by atoms with Crippen LogP contribution in [0, 0.1) is 6.92 Å². The highest BCUT2D eigenvalue weighted by Crippen LogP contribution is 2.39. The molecule has 0 aliphatic carbocycles. The average Bonchev–Trinajstić information content (AvgIpc) is 3.39. The van der Waals surface area contributed by atoms with Crippen LogP contribution in [0.4, 0.5) is 23.2 Å². The Hall–Kier alpha value is -2.73. The third kappa shape index (κ3) is 5.13. The van der Waals surface area contributed by atoms with E-state index in [1.54, 1.807) is 25.1 Å². The van der Waals surface area contributed by atoms with Gasteiger partial charge in [-0.3, -0.25) is 0 Å². The van der Waals surface area contributed by atoms with Crippen LogP contribution in [0.15, 0.2) is 27.8 Å². The summed E-state index contributed by atoms with van der Waals surface area (Å²) in [5.74, 6) is 0.575. The fourth-order valence-corrected chi connectivity index (χ4v) is 4.51. The molecule has 1 fully saturated rings. The number of nitrogens with zero attached hydrogens (tertiary/aromatic N) is 3. The van der Waals surface area contributed by atoms with Crippen molar-refractivity contribution in [3.05, 3.63) is 40.4 Å². The lowest BCUT2D eigenvalue weighted by Gasteiger charge is -2.16. The monoisotopic (exact) mass is 457 g/mol. The van der Waals surface area contributed by atoms with E-state index in [-0.39, 0.29) is 24.6 Å². The van der Waals surface area contributed by atoms with Gasteiger partial charge in [-0.25, -0.2) is 4.39 Å². The number of aromatic nitrogens is 2. The number of aryl methyl sites for hydroxylation is 1. The zero-order valence-electron chi connectivity index (χ0n) is 16.4. The molecule has 7 nitrogen and oxygen atoms in total. The summed E-state index contributed by atoms with van der Waals surface area (Å²) < 4.78 is 59.5.